The smallest absolute Gasteiger partial charge is 0.330 e. The van der Waals surface area contributed by atoms with Crippen LogP contribution < -0.4 is 0 Å². The largest absolute Gasteiger partial charge is 0.335 e. The van der Waals surface area contributed by atoms with Crippen molar-refractivity contribution < 1.29 is 27.6 Å². The zero-order valence-corrected chi connectivity index (χ0v) is 12.9. The van der Waals surface area contributed by atoms with Crippen LogP contribution in [-0.2, 0) is 28.3 Å². The van der Waals surface area contributed by atoms with Crippen LogP contribution in [-0.4, -0.2) is 36.5 Å². The number of hydrogen-bond donors (Lipinski definition) is 0. The Kier molecular flexibility index (Phi) is 5.15. The summed E-state index contributed by atoms with van der Waals surface area (Å²) >= 11 is 0. The van der Waals surface area contributed by atoms with Gasteiger partial charge in [0.1, 0.15) is 0 Å². The van der Waals surface area contributed by atoms with E-state index in [9.17, 15) is 22.8 Å². The maximum Gasteiger partial charge on any atom is 0.335 e. The van der Waals surface area contributed by atoms with E-state index < -0.39 is 43.9 Å². The SMILES string of the molecule is CC(C)C(=O)ON1C(=O)CC(CC(C)S(=O)(=O)Cl)C1=O. The predicted molar refractivity (Wildman–Crippen MR) is 69.7 cm³/mol. The second-order valence-electron chi connectivity index (χ2n) is 5.01. The maximum absolute atomic E-state index is 11.9. The average molecular weight is 326 g/mol. The first kappa shape index (κ1) is 16.9. The molecule has 1 aliphatic rings. The summed E-state index contributed by atoms with van der Waals surface area (Å²) in [5.41, 5.74) is 0. The van der Waals surface area contributed by atoms with Crippen molar-refractivity contribution in [1.82, 2.24) is 5.06 Å². The molecule has 1 heterocycles. The summed E-state index contributed by atoms with van der Waals surface area (Å²) in [6.07, 6.45) is -0.285. The molecule has 7 nitrogen and oxygen atoms in total. The molecule has 0 radical (unpaired) electrons. The van der Waals surface area contributed by atoms with E-state index in [-0.39, 0.29) is 12.8 Å². The van der Waals surface area contributed by atoms with Crippen molar-refractivity contribution in [2.75, 3.05) is 0 Å². The van der Waals surface area contributed by atoms with E-state index in [1.807, 2.05) is 0 Å². The molecule has 2 amide bonds. The molecule has 9 heteroatoms. The first-order chi connectivity index (χ1) is 9.04. The van der Waals surface area contributed by atoms with Gasteiger partial charge in [0.25, 0.3) is 11.8 Å². The van der Waals surface area contributed by atoms with Gasteiger partial charge < -0.3 is 4.84 Å². The van der Waals surface area contributed by atoms with Gasteiger partial charge in [-0.05, 0) is 13.3 Å². The van der Waals surface area contributed by atoms with Gasteiger partial charge in [-0.2, -0.15) is 0 Å². The molecular formula is C11H16ClNO6S. The lowest BCUT2D eigenvalue weighted by Gasteiger charge is -2.16. The monoisotopic (exact) mass is 325 g/mol. The van der Waals surface area contributed by atoms with E-state index in [2.05, 4.69) is 0 Å². The third kappa shape index (κ3) is 3.92. The van der Waals surface area contributed by atoms with E-state index in [1.165, 1.54) is 6.92 Å². The zero-order chi connectivity index (χ0) is 15.7. The first-order valence-corrected chi connectivity index (χ1v) is 8.43. The van der Waals surface area contributed by atoms with Crippen molar-refractivity contribution in [3.05, 3.63) is 0 Å². The molecule has 0 aromatic rings. The molecule has 0 N–H and O–H groups in total. The van der Waals surface area contributed by atoms with Gasteiger partial charge in [-0.3, -0.25) is 9.59 Å². The molecule has 0 aliphatic carbocycles. The number of rotatable bonds is 5. The molecule has 0 aromatic heterocycles. The lowest BCUT2D eigenvalue weighted by atomic mass is 10.0. The molecule has 20 heavy (non-hydrogen) atoms. The molecule has 0 bridgehead atoms. The number of carbonyl (C=O) groups excluding carboxylic acids is 3. The van der Waals surface area contributed by atoms with Crippen LogP contribution in [0.1, 0.15) is 33.6 Å². The highest BCUT2D eigenvalue weighted by atomic mass is 35.7. The van der Waals surface area contributed by atoms with Gasteiger partial charge in [0.05, 0.1) is 17.1 Å². The van der Waals surface area contributed by atoms with Gasteiger partial charge in [0.15, 0.2) is 0 Å². The van der Waals surface area contributed by atoms with E-state index >= 15 is 0 Å². The Labute approximate surface area is 121 Å². The Bertz CT molecular complexity index is 529. The minimum Gasteiger partial charge on any atom is -0.330 e. The summed E-state index contributed by atoms with van der Waals surface area (Å²) in [7, 11) is 1.38. The second kappa shape index (κ2) is 6.09. The molecule has 1 fully saturated rings. The van der Waals surface area contributed by atoms with Gasteiger partial charge in [-0.15, -0.1) is 5.06 Å². The summed E-state index contributed by atoms with van der Waals surface area (Å²) in [5, 5.41) is -0.549. The van der Waals surface area contributed by atoms with Gasteiger partial charge in [0.2, 0.25) is 9.05 Å². The molecule has 1 rings (SSSR count). The van der Waals surface area contributed by atoms with Gasteiger partial charge in [-0.1, -0.05) is 13.8 Å². The van der Waals surface area contributed by atoms with Gasteiger partial charge in [-0.25, -0.2) is 13.2 Å². The van der Waals surface area contributed by atoms with Crippen LogP contribution in [0, 0.1) is 11.8 Å². The van der Waals surface area contributed by atoms with Crippen LogP contribution in [0.25, 0.3) is 0 Å². The highest BCUT2D eigenvalue weighted by Gasteiger charge is 2.43. The number of imide groups is 1. The fourth-order valence-electron chi connectivity index (χ4n) is 1.66. The van der Waals surface area contributed by atoms with Crippen molar-refractivity contribution in [2.24, 2.45) is 11.8 Å². The summed E-state index contributed by atoms with van der Waals surface area (Å²) in [5.74, 6) is -3.41. The number of amides is 2. The number of hydroxylamine groups is 2. The molecule has 0 spiro atoms. The van der Waals surface area contributed by atoms with Gasteiger partial charge >= 0.3 is 5.97 Å². The Morgan fingerprint density at radius 1 is 1.40 bits per heavy atom. The molecular weight excluding hydrogens is 310 g/mol. The van der Waals surface area contributed by atoms with Crippen LogP contribution in [0.2, 0.25) is 0 Å². The number of carbonyl (C=O) groups is 3. The third-order valence-corrected chi connectivity index (χ3v) is 5.01. The Hall–Kier alpha value is -1.15. The first-order valence-electron chi connectivity index (χ1n) is 6.06. The molecule has 1 saturated heterocycles. The van der Waals surface area contributed by atoms with E-state index in [0.29, 0.717) is 5.06 Å². The van der Waals surface area contributed by atoms with Crippen molar-refractivity contribution >= 4 is 37.5 Å². The van der Waals surface area contributed by atoms with E-state index in [4.69, 9.17) is 15.5 Å². The van der Waals surface area contributed by atoms with Crippen LogP contribution in [0.5, 0.6) is 0 Å². The highest BCUT2D eigenvalue weighted by Crippen LogP contribution is 2.27. The lowest BCUT2D eigenvalue weighted by Crippen LogP contribution is -2.35. The average Bonchev–Trinajstić information content (AvgIpc) is 2.55. The minimum atomic E-state index is -3.80. The molecule has 2 atom stereocenters. The van der Waals surface area contributed by atoms with Crippen LogP contribution in [0.3, 0.4) is 0 Å². The van der Waals surface area contributed by atoms with E-state index in [0.717, 1.165) is 0 Å². The molecule has 114 valence electrons. The number of hydrogen-bond acceptors (Lipinski definition) is 6. The Balaban J connectivity index is 2.75. The van der Waals surface area contributed by atoms with Crippen molar-refractivity contribution in [3.8, 4) is 0 Å². The van der Waals surface area contributed by atoms with Crippen LogP contribution in [0.15, 0.2) is 0 Å². The van der Waals surface area contributed by atoms with Crippen molar-refractivity contribution in [1.29, 1.82) is 0 Å². The third-order valence-electron chi connectivity index (χ3n) is 2.95. The normalized spacial score (nSPS) is 21.4. The Morgan fingerprint density at radius 3 is 2.40 bits per heavy atom. The standard InChI is InChI=1S/C11H16ClNO6S/c1-6(2)11(16)19-13-9(14)5-8(10(13)15)4-7(3)20(12,17)18/h6-8H,4-5H2,1-3H3. The number of nitrogens with zero attached hydrogens (tertiary/aromatic N) is 1. The fourth-order valence-corrected chi connectivity index (χ4v) is 2.34. The molecule has 2 unspecified atom stereocenters. The maximum atomic E-state index is 11.9. The van der Waals surface area contributed by atoms with E-state index in [1.54, 1.807) is 13.8 Å². The number of halogens is 1. The summed E-state index contributed by atoms with van der Waals surface area (Å²) in [6, 6.07) is 0. The zero-order valence-electron chi connectivity index (χ0n) is 11.3. The topological polar surface area (TPSA) is 97.8 Å². The van der Waals surface area contributed by atoms with Crippen LogP contribution >= 0.6 is 10.7 Å². The molecule has 0 aromatic carbocycles. The van der Waals surface area contributed by atoms with Crippen molar-refractivity contribution in [2.45, 2.75) is 38.9 Å². The Morgan fingerprint density at radius 2 is 1.95 bits per heavy atom. The molecule has 1 aliphatic heterocycles. The fraction of sp³-hybridized carbons (Fsp3) is 0.727. The lowest BCUT2D eigenvalue weighted by molar-refractivity contribution is -0.200. The summed E-state index contributed by atoms with van der Waals surface area (Å²) < 4.78 is 22.3. The second-order valence-corrected chi connectivity index (χ2v) is 8.06. The summed E-state index contributed by atoms with van der Waals surface area (Å²) in [4.78, 5) is 39.7. The minimum absolute atomic E-state index is 0.0911. The van der Waals surface area contributed by atoms with Gasteiger partial charge in [0, 0.05) is 17.1 Å². The molecule has 0 saturated carbocycles. The summed E-state index contributed by atoms with van der Waals surface area (Å²) in [6.45, 7) is 4.48. The highest BCUT2D eigenvalue weighted by molar-refractivity contribution is 8.14. The predicted octanol–water partition coefficient (Wildman–Crippen LogP) is 0.823. The van der Waals surface area contributed by atoms with Crippen LogP contribution in [0.4, 0.5) is 0 Å². The van der Waals surface area contributed by atoms with Crippen molar-refractivity contribution in [3.63, 3.8) is 0 Å². The quantitative estimate of drug-likeness (QED) is 0.548.